The van der Waals surface area contributed by atoms with E-state index in [0.29, 0.717) is 12.2 Å². The number of benzene rings is 1. The zero-order valence-corrected chi connectivity index (χ0v) is 9.40. The van der Waals surface area contributed by atoms with Gasteiger partial charge in [-0.3, -0.25) is 0 Å². The van der Waals surface area contributed by atoms with E-state index in [2.05, 4.69) is 13.5 Å². The van der Waals surface area contributed by atoms with Crippen LogP contribution in [0.2, 0.25) is 0 Å². The molecule has 0 heterocycles. The molecule has 1 rings (SSSR count). The van der Waals surface area contributed by atoms with E-state index < -0.39 is 5.97 Å². The molecule has 16 heavy (non-hydrogen) atoms. The van der Waals surface area contributed by atoms with Gasteiger partial charge in [0.2, 0.25) is 0 Å². The van der Waals surface area contributed by atoms with Gasteiger partial charge >= 0.3 is 5.97 Å². The van der Waals surface area contributed by atoms with Gasteiger partial charge in [0, 0.05) is 0 Å². The summed E-state index contributed by atoms with van der Waals surface area (Å²) in [6.07, 6.45) is 3.41. The van der Waals surface area contributed by atoms with Crippen LogP contribution in [0, 0.1) is 0 Å². The van der Waals surface area contributed by atoms with Gasteiger partial charge < -0.3 is 9.84 Å². The van der Waals surface area contributed by atoms with E-state index in [1.165, 1.54) is 5.56 Å². The molecular formula is C13H16O3. The summed E-state index contributed by atoms with van der Waals surface area (Å²) in [4.78, 5) is 10.4. The molecule has 0 unspecified atom stereocenters. The second-order valence-electron chi connectivity index (χ2n) is 3.47. The number of carbonyl (C=O) groups is 1. The summed E-state index contributed by atoms with van der Waals surface area (Å²) in [7, 11) is 0. The first-order valence-electron chi connectivity index (χ1n) is 5.24. The average molecular weight is 220 g/mol. The third-order valence-electron chi connectivity index (χ3n) is 2.25. The minimum atomic E-state index is -0.968. The maximum absolute atomic E-state index is 10.4. The number of aliphatic carboxylic acids is 1. The standard InChI is InChI=1S/C13H16O3/c1-3-5-11-8-10(4-2)6-7-12(11)16-9-13(14)15/h3,6-8H,1,4-5,9H2,2H3,(H,14,15). The molecule has 1 aromatic rings. The van der Waals surface area contributed by atoms with Gasteiger partial charge in [-0.25, -0.2) is 4.79 Å². The third-order valence-corrected chi connectivity index (χ3v) is 2.25. The maximum Gasteiger partial charge on any atom is 0.341 e. The lowest BCUT2D eigenvalue weighted by Crippen LogP contribution is -2.10. The van der Waals surface area contributed by atoms with Gasteiger partial charge in [-0.15, -0.1) is 6.58 Å². The summed E-state index contributed by atoms with van der Waals surface area (Å²) in [6.45, 7) is 5.44. The number of hydrogen-bond acceptors (Lipinski definition) is 2. The number of carboxylic acid groups (broad SMARTS) is 1. The van der Waals surface area contributed by atoms with Gasteiger partial charge in [-0.1, -0.05) is 25.1 Å². The molecule has 0 saturated heterocycles. The van der Waals surface area contributed by atoms with E-state index in [1.54, 1.807) is 6.08 Å². The topological polar surface area (TPSA) is 46.5 Å². The molecule has 3 heteroatoms. The van der Waals surface area contributed by atoms with Crippen molar-refractivity contribution in [2.24, 2.45) is 0 Å². The van der Waals surface area contributed by atoms with E-state index in [4.69, 9.17) is 9.84 Å². The fourth-order valence-electron chi connectivity index (χ4n) is 1.45. The zero-order chi connectivity index (χ0) is 12.0. The first kappa shape index (κ1) is 12.3. The normalized spacial score (nSPS) is 9.81. The average Bonchev–Trinajstić information content (AvgIpc) is 2.27. The summed E-state index contributed by atoms with van der Waals surface area (Å²) < 4.78 is 5.20. The van der Waals surface area contributed by atoms with Crippen molar-refractivity contribution in [1.82, 2.24) is 0 Å². The molecule has 0 bridgehead atoms. The quantitative estimate of drug-likeness (QED) is 0.749. The first-order chi connectivity index (χ1) is 7.67. The van der Waals surface area contributed by atoms with E-state index in [1.807, 2.05) is 18.2 Å². The lowest BCUT2D eigenvalue weighted by Gasteiger charge is -2.10. The first-order valence-corrected chi connectivity index (χ1v) is 5.24. The fraction of sp³-hybridized carbons (Fsp3) is 0.308. The number of aryl methyl sites for hydroxylation is 1. The van der Waals surface area contributed by atoms with E-state index >= 15 is 0 Å². The van der Waals surface area contributed by atoms with E-state index in [9.17, 15) is 4.79 Å². The van der Waals surface area contributed by atoms with Crippen LogP contribution in [0.25, 0.3) is 0 Å². The van der Waals surface area contributed by atoms with Crippen LogP contribution in [-0.4, -0.2) is 17.7 Å². The van der Waals surface area contributed by atoms with Crippen molar-refractivity contribution in [3.8, 4) is 5.75 Å². The Bertz CT molecular complexity index is 383. The largest absolute Gasteiger partial charge is 0.482 e. The van der Waals surface area contributed by atoms with Crippen molar-refractivity contribution >= 4 is 5.97 Å². The molecule has 86 valence electrons. The molecule has 0 aliphatic carbocycles. The van der Waals surface area contributed by atoms with Crippen molar-refractivity contribution in [1.29, 1.82) is 0 Å². The van der Waals surface area contributed by atoms with E-state index in [0.717, 1.165) is 12.0 Å². The van der Waals surface area contributed by atoms with Gasteiger partial charge in [0.1, 0.15) is 5.75 Å². The molecule has 0 saturated carbocycles. The molecular weight excluding hydrogens is 204 g/mol. The predicted octanol–water partition coefficient (Wildman–Crippen LogP) is 2.44. The SMILES string of the molecule is C=CCc1cc(CC)ccc1OCC(=O)O. The molecule has 1 aromatic carbocycles. The lowest BCUT2D eigenvalue weighted by molar-refractivity contribution is -0.139. The van der Waals surface area contributed by atoms with Crippen LogP contribution >= 0.6 is 0 Å². The Morgan fingerprint density at radius 1 is 1.56 bits per heavy atom. The zero-order valence-electron chi connectivity index (χ0n) is 9.40. The molecule has 0 radical (unpaired) electrons. The predicted molar refractivity (Wildman–Crippen MR) is 62.9 cm³/mol. The van der Waals surface area contributed by atoms with Gasteiger partial charge in [0.25, 0.3) is 0 Å². The number of rotatable bonds is 6. The molecule has 0 atom stereocenters. The van der Waals surface area contributed by atoms with Gasteiger partial charge in [-0.2, -0.15) is 0 Å². The summed E-state index contributed by atoms with van der Waals surface area (Å²) in [5.74, 6) is -0.344. The minimum absolute atomic E-state index is 0.310. The number of hydrogen-bond donors (Lipinski definition) is 1. The minimum Gasteiger partial charge on any atom is -0.482 e. The van der Waals surface area contributed by atoms with Crippen LogP contribution in [0.3, 0.4) is 0 Å². The molecule has 1 N–H and O–H groups in total. The molecule has 3 nitrogen and oxygen atoms in total. The van der Waals surface area contributed by atoms with Crippen molar-refractivity contribution in [3.05, 3.63) is 42.0 Å². The lowest BCUT2D eigenvalue weighted by atomic mass is 10.1. The van der Waals surface area contributed by atoms with E-state index in [-0.39, 0.29) is 6.61 Å². The number of carboxylic acids is 1. The van der Waals surface area contributed by atoms with Crippen molar-refractivity contribution in [2.75, 3.05) is 6.61 Å². The molecule has 0 aliphatic rings. The highest BCUT2D eigenvalue weighted by Crippen LogP contribution is 2.21. The molecule has 0 aromatic heterocycles. The monoisotopic (exact) mass is 220 g/mol. The summed E-state index contributed by atoms with van der Waals surface area (Å²) in [5.41, 5.74) is 2.19. The Morgan fingerprint density at radius 2 is 2.31 bits per heavy atom. The Balaban J connectivity index is 2.88. The maximum atomic E-state index is 10.4. The Kier molecular flexibility index (Phi) is 4.58. The van der Waals surface area contributed by atoms with Gasteiger partial charge in [0.15, 0.2) is 6.61 Å². The molecule has 0 fully saturated rings. The van der Waals surface area contributed by atoms with Crippen molar-refractivity contribution in [3.63, 3.8) is 0 Å². The summed E-state index contributed by atoms with van der Waals surface area (Å²) in [6, 6.07) is 5.79. The molecule has 0 amide bonds. The van der Waals surface area contributed by atoms with Crippen LogP contribution in [0.15, 0.2) is 30.9 Å². The molecule has 0 aliphatic heterocycles. The highest BCUT2D eigenvalue weighted by molar-refractivity contribution is 5.68. The Morgan fingerprint density at radius 3 is 2.88 bits per heavy atom. The van der Waals surface area contributed by atoms with Crippen molar-refractivity contribution < 1.29 is 14.6 Å². The highest BCUT2D eigenvalue weighted by atomic mass is 16.5. The van der Waals surface area contributed by atoms with Crippen LogP contribution < -0.4 is 4.74 Å². The second kappa shape index (κ2) is 5.95. The van der Waals surface area contributed by atoms with Gasteiger partial charge in [-0.05, 0) is 30.0 Å². The third kappa shape index (κ3) is 3.42. The Hall–Kier alpha value is -1.77. The Labute approximate surface area is 95.4 Å². The number of ether oxygens (including phenoxy) is 1. The number of allylic oxidation sites excluding steroid dienone is 1. The summed E-state index contributed by atoms with van der Waals surface area (Å²) in [5, 5.41) is 8.55. The van der Waals surface area contributed by atoms with Crippen LogP contribution in [-0.2, 0) is 17.6 Å². The highest BCUT2D eigenvalue weighted by Gasteiger charge is 2.05. The second-order valence-corrected chi connectivity index (χ2v) is 3.47. The molecule has 0 spiro atoms. The van der Waals surface area contributed by atoms with Crippen LogP contribution in [0.4, 0.5) is 0 Å². The smallest absolute Gasteiger partial charge is 0.341 e. The van der Waals surface area contributed by atoms with Crippen LogP contribution in [0.1, 0.15) is 18.1 Å². The summed E-state index contributed by atoms with van der Waals surface area (Å²) >= 11 is 0. The fourth-order valence-corrected chi connectivity index (χ4v) is 1.45. The van der Waals surface area contributed by atoms with Crippen LogP contribution in [0.5, 0.6) is 5.75 Å². The van der Waals surface area contributed by atoms with Crippen molar-refractivity contribution in [2.45, 2.75) is 19.8 Å². The van der Waals surface area contributed by atoms with Gasteiger partial charge in [0.05, 0.1) is 0 Å².